The maximum Gasteiger partial charge on any atom is 0.242 e. The summed E-state index contributed by atoms with van der Waals surface area (Å²) in [7, 11) is -0.745. The molecule has 1 amide bonds. The van der Waals surface area contributed by atoms with Crippen LogP contribution in [0.1, 0.15) is 12.0 Å². The van der Waals surface area contributed by atoms with Crippen molar-refractivity contribution in [3.8, 4) is 11.8 Å². The first kappa shape index (κ1) is 17.1. The van der Waals surface area contributed by atoms with Crippen molar-refractivity contribution < 1.29 is 18.3 Å². The van der Waals surface area contributed by atoms with Gasteiger partial charge in [-0.1, -0.05) is 11.8 Å². The van der Waals surface area contributed by atoms with E-state index in [0.717, 1.165) is 0 Å². The van der Waals surface area contributed by atoms with Gasteiger partial charge < -0.3 is 10.0 Å². The average Bonchev–Trinajstić information content (AvgIpc) is 2.45. The summed E-state index contributed by atoms with van der Waals surface area (Å²) in [5.41, 5.74) is 0.422. The smallest absolute Gasteiger partial charge is 0.242 e. The van der Waals surface area contributed by atoms with Crippen molar-refractivity contribution in [1.82, 2.24) is 14.6 Å². The number of sulfonamides is 1. The number of hydrogen-bond acceptors (Lipinski definition) is 5. The maximum absolute atomic E-state index is 12.0. The van der Waals surface area contributed by atoms with Gasteiger partial charge in [-0.25, -0.2) is 13.1 Å². The number of nitrogens with zero attached hydrogens (tertiary/aromatic N) is 2. The second-order valence-electron chi connectivity index (χ2n) is 4.30. The summed E-state index contributed by atoms with van der Waals surface area (Å²) in [5.74, 6) is 5.02. The third-order valence-corrected chi connectivity index (χ3v) is 3.77. The third-order valence-electron chi connectivity index (χ3n) is 2.41. The van der Waals surface area contributed by atoms with Crippen LogP contribution in [0.5, 0.6) is 0 Å². The summed E-state index contributed by atoms with van der Waals surface area (Å²) in [6, 6.07) is 1.36. The molecule has 0 aliphatic heterocycles. The standard InChI is InChI=1S/C13H17N3O4S/c1-16(2)13(18)10-15-21(19,20)12-7-11(8-14-9-12)5-3-4-6-17/h7-9,15,17H,4,6,10H2,1-2H3. The highest BCUT2D eigenvalue weighted by molar-refractivity contribution is 7.89. The SMILES string of the molecule is CN(C)C(=O)CNS(=O)(=O)c1cncc(C#CCCO)c1. The van der Waals surface area contributed by atoms with Crippen molar-refractivity contribution in [2.24, 2.45) is 0 Å². The fourth-order valence-corrected chi connectivity index (χ4v) is 2.21. The molecule has 0 atom stereocenters. The van der Waals surface area contributed by atoms with Gasteiger partial charge in [0.15, 0.2) is 0 Å². The minimum Gasteiger partial charge on any atom is -0.395 e. The van der Waals surface area contributed by atoms with Crippen LogP contribution in [0.4, 0.5) is 0 Å². The van der Waals surface area contributed by atoms with Gasteiger partial charge in [0.05, 0.1) is 13.2 Å². The quantitative estimate of drug-likeness (QED) is 0.692. The largest absolute Gasteiger partial charge is 0.395 e. The van der Waals surface area contributed by atoms with E-state index in [9.17, 15) is 13.2 Å². The number of carbonyl (C=O) groups is 1. The summed E-state index contributed by atoms with van der Waals surface area (Å²) >= 11 is 0. The van der Waals surface area contributed by atoms with Crippen molar-refractivity contribution in [1.29, 1.82) is 0 Å². The number of carbonyl (C=O) groups excluding carboxylic acids is 1. The van der Waals surface area contributed by atoms with Gasteiger partial charge in [0.1, 0.15) is 4.90 Å². The van der Waals surface area contributed by atoms with Gasteiger partial charge in [-0.3, -0.25) is 9.78 Å². The molecule has 1 aromatic heterocycles. The number of aliphatic hydroxyl groups excluding tert-OH is 1. The Morgan fingerprint density at radius 2 is 2.14 bits per heavy atom. The minimum absolute atomic E-state index is 0.0629. The number of rotatable bonds is 5. The number of aromatic nitrogens is 1. The van der Waals surface area contributed by atoms with E-state index in [1.54, 1.807) is 0 Å². The molecule has 0 saturated heterocycles. The van der Waals surface area contributed by atoms with Crippen LogP contribution in [-0.2, 0) is 14.8 Å². The van der Waals surface area contributed by atoms with Crippen LogP contribution in [0.15, 0.2) is 23.4 Å². The van der Waals surface area contributed by atoms with Crippen LogP contribution in [0.2, 0.25) is 0 Å². The lowest BCUT2D eigenvalue weighted by Gasteiger charge is -2.11. The molecular formula is C13H17N3O4S. The minimum atomic E-state index is -3.82. The Morgan fingerprint density at radius 1 is 1.43 bits per heavy atom. The zero-order valence-electron chi connectivity index (χ0n) is 11.8. The lowest BCUT2D eigenvalue weighted by molar-refractivity contribution is -0.127. The molecule has 2 N–H and O–H groups in total. The Bertz CT molecular complexity index is 659. The van der Waals surface area contributed by atoms with E-state index >= 15 is 0 Å². The van der Waals surface area contributed by atoms with Crippen LogP contribution in [0, 0.1) is 11.8 Å². The number of hydrogen-bond donors (Lipinski definition) is 2. The van der Waals surface area contributed by atoms with Gasteiger partial charge in [-0.15, -0.1) is 0 Å². The molecule has 1 aromatic rings. The van der Waals surface area contributed by atoms with Crippen LogP contribution in [-0.4, -0.2) is 56.6 Å². The third kappa shape index (κ3) is 5.51. The second-order valence-corrected chi connectivity index (χ2v) is 6.06. The van der Waals surface area contributed by atoms with E-state index in [-0.39, 0.29) is 24.0 Å². The molecule has 0 saturated carbocycles. The molecule has 0 aliphatic rings. The Morgan fingerprint density at radius 3 is 2.76 bits per heavy atom. The lowest BCUT2D eigenvalue weighted by Crippen LogP contribution is -2.36. The van der Waals surface area contributed by atoms with E-state index in [2.05, 4.69) is 21.5 Å². The van der Waals surface area contributed by atoms with Crippen LogP contribution < -0.4 is 4.72 Å². The molecule has 1 rings (SSSR count). The Kier molecular flexibility index (Phi) is 6.30. The first-order chi connectivity index (χ1) is 9.86. The molecule has 21 heavy (non-hydrogen) atoms. The molecule has 8 heteroatoms. The predicted molar refractivity (Wildman–Crippen MR) is 76.7 cm³/mol. The van der Waals surface area contributed by atoms with Crippen LogP contribution in [0.3, 0.4) is 0 Å². The molecule has 0 aliphatic carbocycles. The van der Waals surface area contributed by atoms with Crippen molar-refractivity contribution in [2.45, 2.75) is 11.3 Å². The fourth-order valence-electron chi connectivity index (χ4n) is 1.25. The van der Waals surface area contributed by atoms with Crippen LogP contribution >= 0.6 is 0 Å². The topological polar surface area (TPSA) is 99.6 Å². The zero-order chi connectivity index (χ0) is 15.9. The highest BCUT2D eigenvalue weighted by Gasteiger charge is 2.16. The number of nitrogens with one attached hydrogen (secondary N) is 1. The van der Waals surface area contributed by atoms with Gasteiger partial charge in [0.2, 0.25) is 15.9 Å². The molecule has 0 aromatic carbocycles. The fraction of sp³-hybridized carbons (Fsp3) is 0.385. The predicted octanol–water partition coefficient (Wildman–Crippen LogP) is -0.818. The lowest BCUT2D eigenvalue weighted by atomic mass is 10.3. The molecule has 0 bridgehead atoms. The second kappa shape index (κ2) is 7.73. The molecular weight excluding hydrogens is 294 g/mol. The summed E-state index contributed by atoms with van der Waals surface area (Å²) in [6.45, 7) is -0.387. The summed E-state index contributed by atoms with van der Waals surface area (Å²) < 4.78 is 26.3. The van der Waals surface area contributed by atoms with E-state index in [0.29, 0.717) is 12.0 Å². The van der Waals surface area contributed by atoms with Gasteiger partial charge in [-0.05, 0) is 6.07 Å². The molecule has 7 nitrogen and oxygen atoms in total. The number of aliphatic hydroxyl groups is 1. The van der Waals surface area contributed by atoms with Crippen LogP contribution in [0.25, 0.3) is 0 Å². The van der Waals surface area contributed by atoms with Crippen molar-refractivity contribution >= 4 is 15.9 Å². The van der Waals surface area contributed by atoms with E-state index in [1.165, 1.54) is 37.5 Å². The molecule has 0 radical (unpaired) electrons. The summed E-state index contributed by atoms with van der Waals surface area (Å²) in [5, 5.41) is 8.63. The molecule has 0 spiro atoms. The number of pyridine rings is 1. The number of amides is 1. The van der Waals surface area contributed by atoms with Crippen molar-refractivity contribution in [3.05, 3.63) is 24.0 Å². The highest BCUT2D eigenvalue weighted by Crippen LogP contribution is 2.08. The van der Waals surface area contributed by atoms with Gasteiger partial charge >= 0.3 is 0 Å². The van der Waals surface area contributed by atoms with E-state index in [1.807, 2.05) is 0 Å². The zero-order valence-corrected chi connectivity index (χ0v) is 12.6. The molecule has 114 valence electrons. The van der Waals surface area contributed by atoms with Gasteiger partial charge in [0.25, 0.3) is 0 Å². The van der Waals surface area contributed by atoms with Gasteiger partial charge in [-0.2, -0.15) is 0 Å². The monoisotopic (exact) mass is 311 g/mol. The van der Waals surface area contributed by atoms with E-state index in [4.69, 9.17) is 5.11 Å². The van der Waals surface area contributed by atoms with Gasteiger partial charge in [0, 0.05) is 38.5 Å². The maximum atomic E-state index is 12.0. The van der Waals surface area contributed by atoms with Crippen molar-refractivity contribution in [2.75, 3.05) is 27.2 Å². The molecule has 1 heterocycles. The Labute approximate surface area is 124 Å². The van der Waals surface area contributed by atoms with Crippen molar-refractivity contribution in [3.63, 3.8) is 0 Å². The molecule has 0 fully saturated rings. The summed E-state index contributed by atoms with van der Waals surface area (Å²) in [4.78, 5) is 16.4. The highest BCUT2D eigenvalue weighted by atomic mass is 32.2. The first-order valence-electron chi connectivity index (χ1n) is 6.11. The Balaban J connectivity index is 2.87. The summed E-state index contributed by atoms with van der Waals surface area (Å²) in [6.07, 6.45) is 2.90. The first-order valence-corrected chi connectivity index (χ1v) is 7.59. The van der Waals surface area contributed by atoms with E-state index < -0.39 is 10.0 Å². The number of likely N-dealkylation sites (N-methyl/N-ethyl adjacent to an activating group) is 1. The Hall–Kier alpha value is -1.95. The average molecular weight is 311 g/mol. The molecule has 0 unspecified atom stereocenters. The normalized spacial score (nSPS) is 10.6.